The molecule has 2 aliphatic rings. The largest absolute Gasteiger partial charge is 0.356 e. The van der Waals surface area contributed by atoms with Gasteiger partial charge < -0.3 is 14.8 Å². The number of nitro benzene ring substituents is 1. The van der Waals surface area contributed by atoms with Crippen molar-refractivity contribution in [2.45, 2.75) is 32.0 Å². The molecule has 8 heteroatoms. The van der Waals surface area contributed by atoms with Crippen molar-refractivity contribution < 1.29 is 14.5 Å². The fourth-order valence-corrected chi connectivity index (χ4v) is 5.53. The van der Waals surface area contributed by atoms with Crippen LogP contribution in [0.2, 0.25) is 0 Å². The molecule has 3 aromatic carbocycles. The van der Waals surface area contributed by atoms with Gasteiger partial charge in [-0.1, -0.05) is 60.2 Å². The number of hydrogen-bond acceptors (Lipinski definition) is 4. The molecule has 6 rings (SSSR count). The van der Waals surface area contributed by atoms with Crippen molar-refractivity contribution in [2.24, 2.45) is 0 Å². The number of aromatic nitrogens is 1. The number of aryl methyl sites for hydroxylation is 1. The van der Waals surface area contributed by atoms with Crippen molar-refractivity contribution in [1.29, 1.82) is 0 Å². The lowest BCUT2D eigenvalue weighted by Gasteiger charge is -2.47. The first-order chi connectivity index (χ1) is 17.4. The number of fused-ring (bicyclic) bond motifs is 4. The number of H-pyrrole nitrogens is 1. The van der Waals surface area contributed by atoms with Gasteiger partial charge in [-0.25, -0.2) is 0 Å². The summed E-state index contributed by atoms with van der Waals surface area (Å²) in [6, 6.07) is 20.8. The Balaban J connectivity index is 1.46. The zero-order valence-corrected chi connectivity index (χ0v) is 19.7. The molecule has 1 fully saturated rings. The lowest BCUT2D eigenvalue weighted by Crippen LogP contribution is -2.62. The lowest BCUT2D eigenvalue weighted by molar-refractivity contribution is -0.384. The molecular weight excluding hydrogens is 456 g/mol. The number of carbonyl (C=O) groups is 2. The number of nitrogens with zero attached hydrogens (tertiary/aromatic N) is 3. The fraction of sp³-hybridized carbons (Fsp3) is 0.214. The Hall–Kier alpha value is -4.46. The van der Waals surface area contributed by atoms with Crippen molar-refractivity contribution in [3.8, 4) is 0 Å². The summed E-state index contributed by atoms with van der Waals surface area (Å²) in [5.41, 5.74) is 5.34. The third-order valence-corrected chi connectivity index (χ3v) is 7.23. The normalized spacial score (nSPS) is 19.4. The molecule has 1 aromatic heterocycles. The number of rotatable bonds is 4. The van der Waals surface area contributed by atoms with Gasteiger partial charge in [-0.05, 0) is 29.7 Å². The molecule has 0 unspecified atom stereocenters. The van der Waals surface area contributed by atoms with E-state index in [4.69, 9.17) is 0 Å². The Morgan fingerprint density at radius 2 is 1.81 bits per heavy atom. The molecule has 0 spiro atoms. The number of hydrogen-bond donors (Lipinski definition) is 1. The van der Waals surface area contributed by atoms with E-state index in [0.717, 1.165) is 33.3 Å². The number of carbonyl (C=O) groups excluding carboxylic acids is 2. The minimum Gasteiger partial charge on any atom is -0.356 e. The zero-order chi connectivity index (χ0) is 25.0. The molecule has 1 N–H and O–H groups in total. The number of para-hydroxylation sites is 1. The molecule has 3 heterocycles. The van der Waals surface area contributed by atoms with E-state index in [1.807, 2.05) is 55.5 Å². The second-order valence-electron chi connectivity index (χ2n) is 9.52. The van der Waals surface area contributed by atoms with Crippen molar-refractivity contribution >= 4 is 28.4 Å². The second-order valence-corrected chi connectivity index (χ2v) is 9.52. The van der Waals surface area contributed by atoms with Crippen molar-refractivity contribution in [2.75, 3.05) is 6.54 Å². The van der Waals surface area contributed by atoms with Crippen LogP contribution in [0.4, 0.5) is 5.69 Å². The minimum absolute atomic E-state index is 0.0375. The van der Waals surface area contributed by atoms with Crippen LogP contribution in [0.25, 0.3) is 10.9 Å². The van der Waals surface area contributed by atoms with E-state index in [0.29, 0.717) is 18.5 Å². The monoisotopic (exact) mass is 480 g/mol. The molecule has 0 saturated carbocycles. The highest BCUT2D eigenvalue weighted by Gasteiger charge is 2.48. The lowest BCUT2D eigenvalue weighted by atomic mass is 9.86. The van der Waals surface area contributed by atoms with E-state index in [1.54, 1.807) is 21.9 Å². The smallest absolute Gasteiger partial charge is 0.269 e. The maximum Gasteiger partial charge on any atom is 0.269 e. The summed E-state index contributed by atoms with van der Waals surface area (Å²) in [6.07, 6.45) is 0.389. The number of non-ortho nitro benzene ring substituents is 1. The van der Waals surface area contributed by atoms with Gasteiger partial charge in [0.25, 0.3) is 5.69 Å². The van der Waals surface area contributed by atoms with Gasteiger partial charge in [0.2, 0.25) is 11.8 Å². The Labute approximate surface area is 207 Å². The van der Waals surface area contributed by atoms with E-state index in [9.17, 15) is 19.7 Å². The van der Waals surface area contributed by atoms with E-state index in [1.165, 1.54) is 12.1 Å². The third-order valence-electron chi connectivity index (χ3n) is 7.23. The second kappa shape index (κ2) is 8.34. The average molecular weight is 481 g/mol. The Kier molecular flexibility index (Phi) is 5.10. The topological polar surface area (TPSA) is 99.5 Å². The molecule has 0 radical (unpaired) electrons. The van der Waals surface area contributed by atoms with Crippen LogP contribution in [-0.2, 0) is 22.6 Å². The number of aromatic amines is 1. The van der Waals surface area contributed by atoms with Crippen molar-refractivity contribution in [3.63, 3.8) is 0 Å². The minimum atomic E-state index is -0.687. The quantitative estimate of drug-likeness (QED) is 0.348. The molecule has 4 aromatic rings. The molecule has 2 atom stereocenters. The van der Waals surface area contributed by atoms with Gasteiger partial charge in [0.05, 0.1) is 11.0 Å². The predicted molar refractivity (Wildman–Crippen MR) is 134 cm³/mol. The van der Waals surface area contributed by atoms with E-state index in [2.05, 4.69) is 4.98 Å². The van der Waals surface area contributed by atoms with Crippen LogP contribution in [-0.4, -0.2) is 44.1 Å². The van der Waals surface area contributed by atoms with Crippen LogP contribution in [0, 0.1) is 17.0 Å². The first-order valence-corrected chi connectivity index (χ1v) is 11.9. The van der Waals surface area contributed by atoms with E-state index in [-0.39, 0.29) is 24.0 Å². The maximum atomic E-state index is 13.8. The summed E-state index contributed by atoms with van der Waals surface area (Å²) in [4.78, 5) is 45.2. The molecule has 180 valence electrons. The standard InChI is InChI=1S/C28H24N4O4/c1-17-9-11-18(12-10-17)15-30-16-25(33)31-24(28(30)34)14-22-21-7-2-3-8-23(21)29-26(22)27(31)19-5-4-6-20(13-19)32(35)36/h2-13,24,27,29H,14-16H2,1H3/t24-,27+/m1/s1. The fourth-order valence-electron chi connectivity index (χ4n) is 5.53. The molecule has 36 heavy (non-hydrogen) atoms. The highest BCUT2D eigenvalue weighted by atomic mass is 16.6. The SMILES string of the molecule is Cc1ccc(CN2CC(=O)N3[C@@H](c4cccc([N+](=O)[O-])c4)c4[nH]c5ccccc5c4C[C@@H]3C2=O)cc1. The average Bonchev–Trinajstić information content (AvgIpc) is 3.25. The highest BCUT2D eigenvalue weighted by Crippen LogP contribution is 2.43. The van der Waals surface area contributed by atoms with Gasteiger partial charge >= 0.3 is 0 Å². The van der Waals surface area contributed by atoms with Gasteiger partial charge in [0.1, 0.15) is 12.6 Å². The molecule has 0 aliphatic carbocycles. The maximum absolute atomic E-state index is 13.8. The van der Waals surface area contributed by atoms with Crippen molar-refractivity contribution in [3.05, 3.63) is 111 Å². The summed E-state index contributed by atoms with van der Waals surface area (Å²) in [7, 11) is 0. The van der Waals surface area contributed by atoms with Gasteiger partial charge in [0.15, 0.2) is 0 Å². The summed E-state index contributed by atoms with van der Waals surface area (Å²) < 4.78 is 0. The number of nitro groups is 1. The van der Waals surface area contributed by atoms with E-state index >= 15 is 0 Å². The summed E-state index contributed by atoms with van der Waals surface area (Å²) >= 11 is 0. The Bertz CT molecular complexity index is 1520. The summed E-state index contributed by atoms with van der Waals surface area (Å²) in [5.74, 6) is -0.283. The molecule has 8 nitrogen and oxygen atoms in total. The summed E-state index contributed by atoms with van der Waals surface area (Å²) in [5, 5.41) is 12.5. The molecule has 2 aliphatic heterocycles. The molecule has 0 bridgehead atoms. The van der Waals surface area contributed by atoms with Crippen molar-refractivity contribution in [1.82, 2.24) is 14.8 Å². The zero-order valence-electron chi connectivity index (χ0n) is 19.7. The van der Waals surface area contributed by atoms with Crippen LogP contribution in [0.3, 0.4) is 0 Å². The van der Waals surface area contributed by atoms with Gasteiger partial charge in [-0.15, -0.1) is 0 Å². The molecule has 1 saturated heterocycles. The first-order valence-electron chi connectivity index (χ1n) is 11.9. The number of amides is 2. The number of benzene rings is 3. The first kappa shape index (κ1) is 22.0. The van der Waals surface area contributed by atoms with Crippen LogP contribution >= 0.6 is 0 Å². The van der Waals surface area contributed by atoms with Crippen LogP contribution in [0.5, 0.6) is 0 Å². The van der Waals surface area contributed by atoms with Gasteiger partial charge in [0, 0.05) is 41.7 Å². The van der Waals surface area contributed by atoms with Crippen LogP contribution in [0.1, 0.15) is 34.0 Å². The predicted octanol–water partition coefficient (Wildman–Crippen LogP) is 4.27. The third kappa shape index (κ3) is 3.53. The van der Waals surface area contributed by atoms with E-state index < -0.39 is 17.0 Å². The molecule has 2 amide bonds. The summed E-state index contributed by atoms with van der Waals surface area (Å²) in [6.45, 7) is 2.33. The van der Waals surface area contributed by atoms with Crippen LogP contribution < -0.4 is 0 Å². The van der Waals surface area contributed by atoms with Crippen LogP contribution in [0.15, 0.2) is 72.8 Å². The van der Waals surface area contributed by atoms with Gasteiger partial charge in [-0.3, -0.25) is 19.7 Å². The molecular formula is C28H24N4O4. The highest BCUT2D eigenvalue weighted by molar-refractivity contribution is 5.97. The Morgan fingerprint density at radius 3 is 2.58 bits per heavy atom. The number of piperazine rings is 1. The number of nitrogens with one attached hydrogen (secondary N) is 1. The van der Waals surface area contributed by atoms with Gasteiger partial charge in [-0.2, -0.15) is 0 Å². The Morgan fingerprint density at radius 1 is 1.03 bits per heavy atom.